The summed E-state index contributed by atoms with van der Waals surface area (Å²) in [6, 6.07) is 14.5. The second-order valence-electron chi connectivity index (χ2n) is 6.48. The standard InChI is InChI=1S/C21H17N3O4/c1-11-8-15(16(28-2)9-13(11)12-6-4-3-5-7-12)24-17(25)10-14-18(19(24)22)21(27)23-20(14)26/h3-10H,22H2,1-2H3,(H,23,26,27). The zero-order valence-corrected chi connectivity index (χ0v) is 15.3. The highest BCUT2D eigenvalue weighted by Crippen LogP contribution is 2.34. The molecule has 7 nitrogen and oxygen atoms in total. The van der Waals surface area contributed by atoms with Gasteiger partial charge >= 0.3 is 0 Å². The van der Waals surface area contributed by atoms with Crippen LogP contribution in [0, 0.1) is 6.92 Å². The number of nitrogens with one attached hydrogen (secondary N) is 1. The van der Waals surface area contributed by atoms with Crippen molar-refractivity contribution in [2.45, 2.75) is 6.92 Å². The molecule has 0 saturated carbocycles. The summed E-state index contributed by atoms with van der Waals surface area (Å²) in [7, 11) is 1.49. The number of amides is 2. The lowest BCUT2D eigenvalue weighted by Gasteiger charge is -2.18. The van der Waals surface area contributed by atoms with Crippen LogP contribution in [0.5, 0.6) is 5.75 Å². The molecular weight excluding hydrogens is 358 g/mol. The Labute approximate surface area is 160 Å². The highest BCUT2D eigenvalue weighted by molar-refractivity contribution is 6.23. The Morgan fingerprint density at radius 1 is 0.964 bits per heavy atom. The predicted octanol–water partition coefficient (Wildman–Crippen LogP) is 2.29. The van der Waals surface area contributed by atoms with Crippen LogP contribution in [-0.4, -0.2) is 23.5 Å². The first-order chi connectivity index (χ1) is 13.4. The van der Waals surface area contributed by atoms with Gasteiger partial charge in [-0.05, 0) is 35.7 Å². The molecular formula is C21H17N3O4. The second-order valence-corrected chi connectivity index (χ2v) is 6.48. The fourth-order valence-electron chi connectivity index (χ4n) is 3.47. The number of fused-ring (bicyclic) bond motifs is 1. The Balaban J connectivity index is 1.98. The predicted molar refractivity (Wildman–Crippen MR) is 105 cm³/mol. The number of rotatable bonds is 3. The van der Waals surface area contributed by atoms with Gasteiger partial charge < -0.3 is 10.5 Å². The Bertz CT molecular complexity index is 1200. The SMILES string of the molecule is COc1cc(-c2ccccc2)c(C)cc1-n1c(N)c2c(cc1=O)C(=O)NC2=O. The molecule has 1 aliphatic heterocycles. The van der Waals surface area contributed by atoms with Gasteiger partial charge in [-0.3, -0.25) is 24.3 Å². The van der Waals surface area contributed by atoms with Crippen LogP contribution in [0.15, 0.2) is 53.3 Å². The molecule has 0 fully saturated rings. The van der Waals surface area contributed by atoms with Crippen molar-refractivity contribution < 1.29 is 14.3 Å². The largest absolute Gasteiger partial charge is 0.495 e. The van der Waals surface area contributed by atoms with Crippen molar-refractivity contribution in [2.24, 2.45) is 0 Å². The maximum atomic E-state index is 12.7. The summed E-state index contributed by atoms with van der Waals surface area (Å²) < 4.78 is 6.70. The minimum atomic E-state index is -0.626. The van der Waals surface area contributed by atoms with E-state index < -0.39 is 17.4 Å². The molecule has 2 heterocycles. The molecule has 0 aliphatic carbocycles. The number of methoxy groups -OCH3 is 1. The summed E-state index contributed by atoms with van der Waals surface area (Å²) in [5, 5.41) is 2.16. The van der Waals surface area contributed by atoms with Crippen LogP contribution in [0.2, 0.25) is 0 Å². The van der Waals surface area contributed by atoms with Crippen LogP contribution in [-0.2, 0) is 0 Å². The maximum Gasteiger partial charge on any atom is 0.262 e. The number of hydrogen-bond donors (Lipinski definition) is 2. The van der Waals surface area contributed by atoms with Crippen LogP contribution in [0.4, 0.5) is 5.82 Å². The number of imide groups is 1. The van der Waals surface area contributed by atoms with Gasteiger partial charge in [0.2, 0.25) is 0 Å². The van der Waals surface area contributed by atoms with E-state index in [9.17, 15) is 14.4 Å². The lowest BCUT2D eigenvalue weighted by atomic mass is 9.99. The summed E-state index contributed by atoms with van der Waals surface area (Å²) in [5.74, 6) is -0.930. The van der Waals surface area contributed by atoms with E-state index in [-0.39, 0.29) is 16.9 Å². The van der Waals surface area contributed by atoms with Gasteiger partial charge in [-0.15, -0.1) is 0 Å². The average molecular weight is 375 g/mol. The topological polar surface area (TPSA) is 103 Å². The number of carbonyl (C=O) groups excluding carboxylic acids is 2. The van der Waals surface area contributed by atoms with Crippen molar-refractivity contribution in [1.82, 2.24) is 9.88 Å². The van der Waals surface area contributed by atoms with E-state index in [0.29, 0.717) is 11.4 Å². The number of hydrogen-bond acceptors (Lipinski definition) is 5. The number of pyridine rings is 1. The first-order valence-corrected chi connectivity index (χ1v) is 8.58. The van der Waals surface area contributed by atoms with Gasteiger partial charge in [0, 0.05) is 6.07 Å². The summed E-state index contributed by atoms with van der Waals surface area (Å²) in [6.07, 6.45) is 0. The molecule has 2 amide bonds. The number of ether oxygens (including phenoxy) is 1. The molecule has 3 N–H and O–H groups in total. The monoisotopic (exact) mass is 375 g/mol. The van der Waals surface area contributed by atoms with Crippen molar-refractivity contribution in [3.63, 3.8) is 0 Å². The number of anilines is 1. The number of nitrogens with zero attached hydrogens (tertiary/aromatic N) is 1. The van der Waals surface area contributed by atoms with Crippen molar-refractivity contribution in [1.29, 1.82) is 0 Å². The van der Waals surface area contributed by atoms with Crippen LogP contribution in [0.1, 0.15) is 26.3 Å². The molecule has 2 aromatic carbocycles. The fraction of sp³-hybridized carbons (Fsp3) is 0.0952. The molecule has 0 radical (unpaired) electrons. The molecule has 0 unspecified atom stereocenters. The first kappa shape index (κ1) is 17.5. The third kappa shape index (κ3) is 2.56. The molecule has 1 aromatic heterocycles. The van der Waals surface area contributed by atoms with E-state index >= 15 is 0 Å². The van der Waals surface area contributed by atoms with E-state index in [1.807, 2.05) is 43.3 Å². The highest BCUT2D eigenvalue weighted by atomic mass is 16.5. The molecule has 0 saturated heterocycles. The van der Waals surface area contributed by atoms with Crippen LogP contribution >= 0.6 is 0 Å². The van der Waals surface area contributed by atoms with E-state index in [1.54, 1.807) is 6.07 Å². The Morgan fingerprint density at radius 3 is 2.36 bits per heavy atom. The number of aromatic nitrogens is 1. The number of carbonyl (C=O) groups is 2. The van der Waals surface area contributed by atoms with E-state index in [4.69, 9.17) is 10.5 Å². The third-order valence-corrected chi connectivity index (χ3v) is 4.80. The van der Waals surface area contributed by atoms with E-state index in [1.165, 1.54) is 11.7 Å². The van der Waals surface area contributed by atoms with Gasteiger partial charge in [0.25, 0.3) is 17.4 Å². The van der Waals surface area contributed by atoms with Gasteiger partial charge in [-0.2, -0.15) is 0 Å². The Hall–Kier alpha value is -3.87. The van der Waals surface area contributed by atoms with Crippen molar-refractivity contribution >= 4 is 17.6 Å². The highest BCUT2D eigenvalue weighted by Gasteiger charge is 2.32. The fourth-order valence-corrected chi connectivity index (χ4v) is 3.47. The van der Waals surface area contributed by atoms with Crippen LogP contribution in [0.25, 0.3) is 16.8 Å². The molecule has 7 heteroatoms. The second kappa shape index (κ2) is 6.38. The molecule has 28 heavy (non-hydrogen) atoms. The van der Waals surface area contributed by atoms with Gasteiger partial charge in [-0.25, -0.2) is 0 Å². The lowest BCUT2D eigenvalue weighted by molar-refractivity contribution is 0.0880. The van der Waals surface area contributed by atoms with Crippen molar-refractivity contribution in [3.05, 3.63) is 75.6 Å². The summed E-state index contributed by atoms with van der Waals surface area (Å²) in [6.45, 7) is 1.91. The zero-order chi connectivity index (χ0) is 20.0. The Kier molecular flexibility index (Phi) is 4.00. The number of nitrogen functional groups attached to an aromatic ring is 1. The first-order valence-electron chi connectivity index (χ1n) is 8.58. The number of aryl methyl sites for hydroxylation is 1. The molecule has 3 aromatic rings. The maximum absolute atomic E-state index is 12.7. The molecule has 1 aliphatic rings. The molecule has 0 atom stereocenters. The number of nitrogens with two attached hydrogens (primary N) is 1. The zero-order valence-electron chi connectivity index (χ0n) is 15.3. The van der Waals surface area contributed by atoms with Gasteiger partial charge in [-0.1, -0.05) is 30.3 Å². The number of benzene rings is 2. The smallest absolute Gasteiger partial charge is 0.262 e. The van der Waals surface area contributed by atoms with Crippen LogP contribution < -0.4 is 21.3 Å². The summed E-state index contributed by atoms with van der Waals surface area (Å²) in [4.78, 5) is 36.7. The molecule has 140 valence electrons. The normalized spacial score (nSPS) is 12.6. The van der Waals surface area contributed by atoms with Gasteiger partial charge in [0.05, 0.1) is 23.9 Å². The molecule has 0 bridgehead atoms. The quantitative estimate of drug-likeness (QED) is 0.684. The Morgan fingerprint density at radius 2 is 1.68 bits per heavy atom. The summed E-state index contributed by atoms with van der Waals surface area (Å²) in [5.41, 5.74) is 8.85. The molecule has 4 rings (SSSR count). The van der Waals surface area contributed by atoms with E-state index in [0.717, 1.165) is 22.8 Å². The lowest BCUT2D eigenvalue weighted by Crippen LogP contribution is -2.24. The minimum Gasteiger partial charge on any atom is -0.495 e. The van der Waals surface area contributed by atoms with Crippen molar-refractivity contribution in [2.75, 3.05) is 12.8 Å². The summed E-state index contributed by atoms with van der Waals surface area (Å²) >= 11 is 0. The van der Waals surface area contributed by atoms with Gasteiger partial charge in [0.15, 0.2) is 0 Å². The van der Waals surface area contributed by atoms with Crippen LogP contribution in [0.3, 0.4) is 0 Å². The van der Waals surface area contributed by atoms with E-state index in [2.05, 4.69) is 5.32 Å². The van der Waals surface area contributed by atoms with Gasteiger partial charge in [0.1, 0.15) is 11.6 Å². The third-order valence-electron chi connectivity index (χ3n) is 4.80. The minimum absolute atomic E-state index is 0.00329. The molecule has 0 spiro atoms. The van der Waals surface area contributed by atoms with Crippen molar-refractivity contribution in [3.8, 4) is 22.6 Å². The average Bonchev–Trinajstić information content (AvgIpc) is 2.96.